The van der Waals surface area contributed by atoms with Crippen LogP contribution in [0.2, 0.25) is 0 Å². The lowest BCUT2D eigenvalue weighted by atomic mass is 10.1. The van der Waals surface area contributed by atoms with Crippen LogP contribution >= 0.6 is 0 Å². The summed E-state index contributed by atoms with van der Waals surface area (Å²) in [7, 11) is 1.78. The second-order valence-electron chi connectivity index (χ2n) is 2.20. The second-order valence-corrected chi connectivity index (χ2v) is 2.20. The second kappa shape index (κ2) is 3.05. The van der Waals surface area contributed by atoms with E-state index in [0.717, 1.165) is 6.54 Å². The summed E-state index contributed by atoms with van der Waals surface area (Å²) in [5, 5.41) is 3.26. The smallest absolute Gasteiger partial charge is 0.0696 e. The summed E-state index contributed by atoms with van der Waals surface area (Å²) < 4.78 is 5.13. The summed E-state index contributed by atoms with van der Waals surface area (Å²) in [6.45, 7) is 2.20. The summed E-state index contributed by atoms with van der Waals surface area (Å²) in [5.41, 5.74) is 0. The lowest BCUT2D eigenvalue weighted by Crippen LogP contribution is -2.34. The molecular formula is C6H13NO. The molecule has 1 saturated heterocycles. The first kappa shape index (κ1) is 6.05. The fourth-order valence-corrected chi connectivity index (χ4v) is 1.02. The summed E-state index contributed by atoms with van der Waals surface area (Å²) >= 11 is 0. The molecule has 1 heterocycles. The number of methoxy groups -OCH3 is 1. The molecule has 0 bridgehead atoms. The van der Waals surface area contributed by atoms with Crippen LogP contribution < -0.4 is 5.32 Å². The molecule has 0 amide bonds. The molecule has 1 aliphatic rings. The predicted octanol–water partition coefficient (Wildman–Crippen LogP) is 0.385. The molecule has 1 fully saturated rings. The van der Waals surface area contributed by atoms with E-state index < -0.39 is 0 Å². The zero-order valence-electron chi connectivity index (χ0n) is 5.31. The maximum atomic E-state index is 5.13. The molecular weight excluding hydrogens is 102 g/mol. The van der Waals surface area contributed by atoms with Gasteiger partial charge >= 0.3 is 0 Å². The topological polar surface area (TPSA) is 21.3 Å². The van der Waals surface area contributed by atoms with Crippen LogP contribution in [0, 0.1) is 0 Å². The molecule has 1 unspecified atom stereocenters. The van der Waals surface area contributed by atoms with Crippen LogP contribution in [0.3, 0.4) is 0 Å². The lowest BCUT2D eigenvalue weighted by Gasteiger charge is -2.20. The minimum atomic E-state index is 0.476. The molecule has 0 aliphatic carbocycles. The number of hydrogen-bond donors (Lipinski definition) is 1. The SMILES string of the molecule is COC1CCCNC1. The van der Waals surface area contributed by atoms with Crippen molar-refractivity contribution in [3.8, 4) is 0 Å². The van der Waals surface area contributed by atoms with Crippen molar-refractivity contribution in [2.24, 2.45) is 0 Å². The summed E-state index contributed by atoms with van der Waals surface area (Å²) in [5.74, 6) is 0. The highest BCUT2D eigenvalue weighted by molar-refractivity contribution is 4.67. The Hall–Kier alpha value is -0.0800. The molecule has 0 aromatic rings. The van der Waals surface area contributed by atoms with Gasteiger partial charge < -0.3 is 10.1 Å². The molecule has 0 aromatic heterocycles. The van der Waals surface area contributed by atoms with Gasteiger partial charge in [0.25, 0.3) is 0 Å². The van der Waals surface area contributed by atoms with E-state index >= 15 is 0 Å². The van der Waals surface area contributed by atoms with Gasteiger partial charge in [-0.1, -0.05) is 0 Å². The van der Waals surface area contributed by atoms with Crippen molar-refractivity contribution in [3.05, 3.63) is 0 Å². The van der Waals surface area contributed by atoms with Gasteiger partial charge in [0.1, 0.15) is 0 Å². The Balaban J connectivity index is 2.13. The molecule has 0 radical (unpaired) electrons. The maximum Gasteiger partial charge on any atom is 0.0696 e. The molecule has 1 aliphatic heterocycles. The maximum absolute atomic E-state index is 5.13. The number of piperidine rings is 1. The molecule has 2 nitrogen and oxygen atoms in total. The molecule has 0 spiro atoms. The van der Waals surface area contributed by atoms with Crippen molar-refractivity contribution in [2.75, 3.05) is 20.2 Å². The number of hydrogen-bond acceptors (Lipinski definition) is 2. The third-order valence-corrected chi connectivity index (χ3v) is 1.58. The highest BCUT2D eigenvalue weighted by Crippen LogP contribution is 2.03. The van der Waals surface area contributed by atoms with Crippen LogP contribution in [-0.2, 0) is 4.74 Å². The van der Waals surface area contributed by atoms with Crippen LogP contribution in [0.4, 0.5) is 0 Å². The van der Waals surface area contributed by atoms with Gasteiger partial charge in [-0.2, -0.15) is 0 Å². The van der Waals surface area contributed by atoms with Crippen molar-refractivity contribution in [2.45, 2.75) is 18.9 Å². The van der Waals surface area contributed by atoms with E-state index in [2.05, 4.69) is 5.32 Å². The normalized spacial score (nSPS) is 30.4. The first-order valence-corrected chi connectivity index (χ1v) is 3.17. The highest BCUT2D eigenvalue weighted by Gasteiger charge is 2.09. The van der Waals surface area contributed by atoms with Crippen LogP contribution in [0.5, 0.6) is 0 Å². The molecule has 2 heteroatoms. The Morgan fingerprint density at radius 3 is 2.88 bits per heavy atom. The lowest BCUT2D eigenvalue weighted by molar-refractivity contribution is 0.0810. The van der Waals surface area contributed by atoms with E-state index in [1.54, 1.807) is 7.11 Å². The van der Waals surface area contributed by atoms with E-state index in [0.29, 0.717) is 6.10 Å². The van der Waals surface area contributed by atoms with Crippen LogP contribution in [0.1, 0.15) is 12.8 Å². The fraction of sp³-hybridized carbons (Fsp3) is 1.00. The first-order valence-electron chi connectivity index (χ1n) is 3.17. The van der Waals surface area contributed by atoms with Crippen molar-refractivity contribution in [3.63, 3.8) is 0 Å². The third-order valence-electron chi connectivity index (χ3n) is 1.58. The number of ether oxygens (including phenoxy) is 1. The minimum absolute atomic E-state index is 0.476. The van der Waals surface area contributed by atoms with E-state index in [-0.39, 0.29) is 0 Å². The molecule has 0 saturated carbocycles. The zero-order chi connectivity index (χ0) is 5.82. The van der Waals surface area contributed by atoms with Gasteiger partial charge in [0.05, 0.1) is 6.10 Å². The van der Waals surface area contributed by atoms with Crippen molar-refractivity contribution < 1.29 is 4.74 Å². The molecule has 48 valence electrons. The zero-order valence-corrected chi connectivity index (χ0v) is 5.31. The van der Waals surface area contributed by atoms with Gasteiger partial charge in [-0.15, -0.1) is 0 Å². The first-order chi connectivity index (χ1) is 3.93. The largest absolute Gasteiger partial charge is 0.380 e. The van der Waals surface area contributed by atoms with Gasteiger partial charge in [-0.25, -0.2) is 0 Å². The molecule has 1 N–H and O–H groups in total. The number of rotatable bonds is 1. The minimum Gasteiger partial charge on any atom is -0.380 e. The fourth-order valence-electron chi connectivity index (χ4n) is 1.02. The van der Waals surface area contributed by atoms with Gasteiger partial charge in [0.15, 0.2) is 0 Å². The summed E-state index contributed by atoms with van der Waals surface area (Å²) in [6.07, 6.45) is 2.96. The Morgan fingerprint density at radius 2 is 2.50 bits per heavy atom. The highest BCUT2D eigenvalue weighted by atomic mass is 16.5. The van der Waals surface area contributed by atoms with E-state index in [1.165, 1.54) is 19.4 Å². The molecule has 1 rings (SSSR count). The molecule has 8 heavy (non-hydrogen) atoms. The third kappa shape index (κ3) is 1.46. The van der Waals surface area contributed by atoms with Crippen molar-refractivity contribution in [1.82, 2.24) is 5.32 Å². The average molecular weight is 115 g/mol. The quantitative estimate of drug-likeness (QED) is 0.533. The van der Waals surface area contributed by atoms with Gasteiger partial charge in [-0.05, 0) is 19.4 Å². The summed E-state index contributed by atoms with van der Waals surface area (Å²) in [6, 6.07) is 0. The van der Waals surface area contributed by atoms with Crippen molar-refractivity contribution in [1.29, 1.82) is 0 Å². The monoisotopic (exact) mass is 115 g/mol. The average Bonchev–Trinajstić information content (AvgIpc) is 1.90. The Labute approximate surface area is 50.2 Å². The van der Waals surface area contributed by atoms with Crippen molar-refractivity contribution >= 4 is 0 Å². The Kier molecular flexibility index (Phi) is 2.30. The van der Waals surface area contributed by atoms with Gasteiger partial charge in [0.2, 0.25) is 0 Å². The Bertz CT molecular complexity index is 59.5. The molecule has 1 atom stereocenters. The summed E-state index contributed by atoms with van der Waals surface area (Å²) in [4.78, 5) is 0. The van der Waals surface area contributed by atoms with Crippen LogP contribution in [0.15, 0.2) is 0 Å². The van der Waals surface area contributed by atoms with E-state index in [4.69, 9.17) is 4.74 Å². The van der Waals surface area contributed by atoms with E-state index in [9.17, 15) is 0 Å². The van der Waals surface area contributed by atoms with E-state index in [1.807, 2.05) is 0 Å². The van der Waals surface area contributed by atoms with Crippen LogP contribution in [-0.4, -0.2) is 26.3 Å². The predicted molar refractivity (Wildman–Crippen MR) is 32.9 cm³/mol. The van der Waals surface area contributed by atoms with Gasteiger partial charge in [0, 0.05) is 13.7 Å². The number of nitrogens with one attached hydrogen (secondary N) is 1. The van der Waals surface area contributed by atoms with Crippen LogP contribution in [0.25, 0.3) is 0 Å². The molecule has 0 aromatic carbocycles. The standard InChI is InChI=1S/C6H13NO/c1-8-6-3-2-4-7-5-6/h6-7H,2-5H2,1H3. The Morgan fingerprint density at radius 1 is 1.62 bits per heavy atom. The van der Waals surface area contributed by atoms with Gasteiger partial charge in [-0.3, -0.25) is 0 Å².